The van der Waals surface area contributed by atoms with Crippen molar-refractivity contribution in [1.82, 2.24) is 9.88 Å². The Bertz CT molecular complexity index is 794. The molecule has 1 amide bonds. The van der Waals surface area contributed by atoms with Gasteiger partial charge in [0, 0.05) is 42.0 Å². The molecule has 4 nitrogen and oxygen atoms in total. The number of carbonyl (C=O) groups excluding carboxylic acids is 1. The van der Waals surface area contributed by atoms with Crippen LogP contribution in [0.3, 0.4) is 0 Å². The number of aryl methyl sites for hydroxylation is 2. The highest BCUT2D eigenvalue weighted by molar-refractivity contribution is 7.11. The largest absolute Gasteiger partial charge is 0.381 e. The summed E-state index contributed by atoms with van der Waals surface area (Å²) >= 11 is 1.92. The summed E-state index contributed by atoms with van der Waals surface area (Å²) in [5.41, 5.74) is 3.45. The first-order valence-corrected chi connectivity index (χ1v) is 11.0. The minimum Gasteiger partial charge on any atom is -0.381 e. The van der Waals surface area contributed by atoms with E-state index in [1.807, 2.05) is 28.4 Å². The quantitative estimate of drug-likeness (QED) is 0.801. The zero-order chi connectivity index (χ0) is 18.2. The first kappa shape index (κ1) is 17.4. The van der Waals surface area contributed by atoms with E-state index in [1.54, 1.807) is 0 Å². The van der Waals surface area contributed by atoms with E-state index in [4.69, 9.17) is 9.72 Å². The Morgan fingerprint density at radius 1 is 1.07 bits per heavy atom. The van der Waals surface area contributed by atoms with Crippen LogP contribution in [0, 0.1) is 0 Å². The molecule has 3 aliphatic rings. The number of hydrogen-bond acceptors (Lipinski definition) is 4. The Hall–Kier alpha value is -1.72. The Morgan fingerprint density at radius 3 is 2.59 bits per heavy atom. The van der Waals surface area contributed by atoms with E-state index in [1.165, 1.54) is 34.0 Å². The Kier molecular flexibility index (Phi) is 4.74. The van der Waals surface area contributed by atoms with Gasteiger partial charge in [-0.3, -0.25) is 4.79 Å². The van der Waals surface area contributed by atoms with Crippen molar-refractivity contribution in [2.24, 2.45) is 0 Å². The number of aromatic nitrogens is 1. The van der Waals surface area contributed by atoms with Gasteiger partial charge in [0.1, 0.15) is 0 Å². The molecule has 5 rings (SSSR count). The number of fused-ring (bicyclic) bond motifs is 1. The lowest BCUT2D eigenvalue weighted by Gasteiger charge is -2.31. The summed E-state index contributed by atoms with van der Waals surface area (Å²) in [6, 6.07) is 8.20. The third kappa shape index (κ3) is 3.43. The van der Waals surface area contributed by atoms with Gasteiger partial charge in [0.05, 0.1) is 17.3 Å². The van der Waals surface area contributed by atoms with Gasteiger partial charge >= 0.3 is 0 Å². The van der Waals surface area contributed by atoms with E-state index in [-0.39, 0.29) is 5.91 Å². The average Bonchev–Trinajstić information content (AvgIpc) is 3.45. The fourth-order valence-corrected chi connectivity index (χ4v) is 5.91. The lowest BCUT2D eigenvalue weighted by molar-refractivity contribution is 0.0713. The third-order valence-electron chi connectivity index (χ3n) is 6.30. The average molecular weight is 383 g/mol. The molecule has 2 fully saturated rings. The number of nitrogens with zero attached hydrogens (tertiary/aromatic N) is 2. The standard InChI is InChI=1S/C22H26N2O2S/c25-22(17-6-4-15(5-7-17)18-10-13-26-14-18)24-11-8-16(9-12-24)21-23-19-2-1-3-20(19)27-21/h4-7,16,18H,1-3,8-14H2. The number of thiazole rings is 1. The topological polar surface area (TPSA) is 42.4 Å². The molecule has 1 aliphatic carbocycles. The molecule has 0 radical (unpaired) electrons. The third-order valence-corrected chi connectivity index (χ3v) is 7.62. The van der Waals surface area contributed by atoms with E-state index in [0.29, 0.717) is 11.8 Å². The Balaban J connectivity index is 1.20. The smallest absolute Gasteiger partial charge is 0.253 e. The molecular formula is C22H26N2O2S. The molecule has 1 aromatic carbocycles. The highest BCUT2D eigenvalue weighted by atomic mass is 32.1. The van der Waals surface area contributed by atoms with Crippen LogP contribution in [-0.2, 0) is 17.6 Å². The first-order valence-electron chi connectivity index (χ1n) is 10.2. The van der Waals surface area contributed by atoms with Gasteiger partial charge in [0.2, 0.25) is 0 Å². The summed E-state index contributed by atoms with van der Waals surface area (Å²) in [6.07, 6.45) is 6.81. The fraction of sp³-hybridized carbons (Fsp3) is 0.545. The molecule has 0 bridgehead atoms. The van der Waals surface area contributed by atoms with E-state index in [9.17, 15) is 4.79 Å². The van der Waals surface area contributed by atoms with Crippen molar-refractivity contribution in [3.8, 4) is 0 Å². The molecular weight excluding hydrogens is 356 g/mol. The van der Waals surface area contributed by atoms with Crippen LogP contribution in [-0.4, -0.2) is 42.1 Å². The number of piperidine rings is 1. The first-order chi connectivity index (χ1) is 13.3. The summed E-state index contributed by atoms with van der Waals surface area (Å²) in [5, 5.41) is 1.31. The number of amides is 1. The van der Waals surface area contributed by atoms with Crippen LogP contribution in [0.25, 0.3) is 0 Å². The minimum absolute atomic E-state index is 0.171. The maximum absolute atomic E-state index is 12.9. The second-order valence-corrected chi connectivity index (χ2v) is 9.14. The van der Waals surface area contributed by atoms with Crippen molar-refractivity contribution >= 4 is 17.2 Å². The van der Waals surface area contributed by atoms with E-state index >= 15 is 0 Å². The number of hydrogen-bond donors (Lipinski definition) is 0. The number of ether oxygens (including phenoxy) is 1. The Labute approximate surface area is 164 Å². The lowest BCUT2D eigenvalue weighted by Crippen LogP contribution is -2.37. The highest BCUT2D eigenvalue weighted by Gasteiger charge is 2.28. The van der Waals surface area contributed by atoms with Crippen molar-refractivity contribution in [3.05, 3.63) is 51.0 Å². The summed E-state index contributed by atoms with van der Waals surface area (Å²) in [7, 11) is 0. The monoisotopic (exact) mass is 382 g/mol. The zero-order valence-electron chi connectivity index (χ0n) is 15.7. The molecule has 0 N–H and O–H groups in total. The number of rotatable bonds is 3. The van der Waals surface area contributed by atoms with E-state index in [2.05, 4.69) is 12.1 Å². The van der Waals surface area contributed by atoms with Gasteiger partial charge in [0.15, 0.2) is 0 Å². The van der Waals surface area contributed by atoms with E-state index in [0.717, 1.165) is 57.6 Å². The van der Waals surface area contributed by atoms with Crippen molar-refractivity contribution in [2.45, 2.75) is 50.4 Å². The Morgan fingerprint density at radius 2 is 1.89 bits per heavy atom. The SMILES string of the molecule is O=C(c1ccc(C2CCOC2)cc1)N1CCC(c2nc3c(s2)CCC3)CC1. The molecule has 27 heavy (non-hydrogen) atoms. The molecule has 142 valence electrons. The van der Waals surface area contributed by atoms with Crippen molar-refractivity contribution in [2.75, 3.05) is 26.3 Å². The highest BCUT2D eigenvalue weighted by Crippen LogP contribution is 2.36. The number of benzene rings is 1. The van der Waals surface area contributed by atoms with Crippen LogP contribution >= 0.6 is 11.3 Å². The van der Waals surface area contributed by atoms with Crippen molar-refractivity contribution < 1.29 is 9.53 Å². The summed E-state index contributed by atoms with van der Waals surface area (Å²) in [6.45, 7) is 3.33. The molecule has 1 unspecified atom stereocenters. The van der Waals surface area contributed by atoms with Gasteiger partial charge in [-0.15, -0.1) is 11.3 Å². The summed E-state index contributed by atoms with van der Waals surface area (Å²) < 4.78 is 5.47. The van der Waals surface area contributed by atoms with Crippen LogP contribution in [0.1, 0.15) is 69.0 Å². The number of carbonyl (C=O) groups is 1. The van der Waals surface area contributed by atoms with Gasteiger partial charge in [-0.05, 0) is 56.2 Å². The second-order valence-electron chi connectivity index (χ2n) is 8.02. The molecule has 3 heterocycles. The van der Waals surface area contributed by atoms with Crippen molar-refractivity contribution in [1.29, 1.82) is 0 Å². The van der Waals surface area contributed by atoms with Crippen LogP contribution in [0.15, 0.2) is 24.3 Å². The summed E-state index contributed by atoms with van der Waals surface area (Å²) in [4.78, 5) is 21.3. The van der Waals surface area contributed by atoms with Crippen LogP contribution in [0.4, 0.5) is 0 Å². The van der Waals surface area contributed by atoms with Gasteiger partial charge < -0.3 is 9.64 Å². The molecule has 1 atom stereocenters. The summed E-state index contributed by atoms with van der Waals surface area (Å²) in [5.74, 6) is 1.20. The predicted octanol–water partition coefficient (Wildman–Crippen LogP) is 4.16. The van der Waals surface area contributed by atoms with Gasteiger partial charge in [-0.25, -0.2) is 4.98 Å². The van der Waals surface area contributed by atoms with Crippen LogP contribution in [0.2, 0.25) is 0 Å². The van der Waals surface area contributed by atoms with E-state index < -0.39 is 0 Å². The van der Waals surface area contributed by atoms with Crippen molar-refractivity contribution in [3.63, 3.8) is 0 Å². The van der Waals surface area contributed by atoms with Crippen LogP contribution in [0.5, 0.6) is 0 Å². The van der Waals surface area contributed by atoms with Crippen LogP contribution < -0.4 is 0 Å². The molecule has 2 aliphatic heterocycles. The van der Waals surface area contributed by atoms with Gasteiger partial charge in [-0.2, -0.15) is 0 Å². The lowest BCUT2D eigenvalue weighted by atomic mass is 9.95. The number of likely N-dealkylation sites (tertiary alicyclic amines) is 1. The zero-order valence-corrected chi connectivity index (χ0v) is 16.5. The molecule has 0 saturated carbocycles. The molecule has 2 saturated heterocycles. The fourth-order valence-electron chi connectivity index (χ4n) is 4.59. The predicted molar refractivity (Wildman–Crippen MR) is 107 cm³/mol. The maximum Gasteiger partial charge on any atom is 0.253 e. The maximum atomic E-state index is 12.9. The molecule has 1 aromatic heterocycles. The second kappa shape index (κ2) is 7.36. The normalized spacial score (nSPS) is 23.0. The molecule has 2 aromatic rings. The minimum atomic E-state index is 0.171. The molecule has 5 heteroatoms. The van der Waals surface area contributed by atoms with Gasteiger partial charge in [0.25, 0.3) is 5.91 Å². The van der Waals surface area contributed by atoms with Gasteiger partial charge in [-0.1, -0.05) is 12.1 Å². The molecule has 0 spiro atoms.